The van der Waals surface area contributed by atoms with Gasteiger partial charge in [0.25, 0.3) is 5.91 Å². The molecule has 1 N–H and O–H groups in total. The summed E-state index contributed by atoms with van der Waals surface area (Å²) in [6.07, 6.45) is 0. The predicted molar refractivity (Wildman–Crippen MR) is 164 cm³/mol. The Kier molecular flexibility index (Phi) is 6.44. The molecule has 0 spiro atoms. The van der Waals surface area contributed by atoms with Gasteiger partial charge in [-0.2, -0.15) is 0 Å². The molecule has 212 valence electrons. The van der Waals surface area contributed by atoms with Gasteiger partial charge < -0.3 is 19.0 Å². The Morgan fingerprint density at radius 3 is 2.56 bits per heavy atom. The number of ether oxygens (including phenoxy) is 2. The molecule has 1 aliphatic heterocycles. The number of anilines is 1. The lowest BCUT2D eigenvalue weighted by atomic mass is 9.95. The maximum Gasteiger partial charge on any atom is 0.296 e. The third-order valence-electron chi connectivity index (χ3n) is 7.30. The molecule has 4 aromatic carbocycles. The smallest absolute Gasteiger partial charge is 0.296 e. The quantitative estimate of drug-likeness (QED) is 0.189. The normalized spacial score (nSPS) is 15.1. The standard InChI is InChI=1S/C34H24N2O6S/c1-19-14-15-24-27(16-19)43-34(35-24)36-29(20-8-6-12-23(17-20)41-22-10-4-3-5-11-22)28(31(38)33(36)39)30(37)26-18-21-9-7-13-25(40-2)32(21)42-26/h3-18,29,38H,1-2H3. The summed E-state index contributed by atoms with van der Waals surface area (Å²) >= 11 is 1.31. The molecule has 43 heavy (non-hydrogen) atoms. The number of aromatic nitrogens is 1. The SMILES string of the molecule is COc1cccc2cc(C(=O)C3=C(O)C(=O)N(c4nc5ccc(C)cc5s4)C3c3cccc(Oc4ccccc4)c3)oc12. The van der Waals surface area contributed by atoms with E-state index in [-0.39, 0.29) is 11.3 Å². The first-order valence-corrected chi connectivity index (χ1v) is 14.3. The molecular weight excluding hydrogens is 564 g/mol. The fourth-order valence-electron chi connectivity index (χ4n) is 5.29. The summed E-state index contributed by atoms with van der Waals surface area (Å²) in [5.41, 5.74) is 2.59. The first-order valence-electron chi connectivity index (χ1n) is 13.5. The predicted octanol–water partition coefficient (Wildman–Crippen LogP) is 7.93. The molecule has 1 aliphatic rings. The van der Waals surface area contributed by atoms with Crippen molar-refractivity contribution in [2.75, 3.05) is 12.0 Å². The lowest BCUT2D eigenvalue weighted by Crippen LogP contribution is -2.31. The molecule has 0 aliphatic carbocycles. The van der Waals surface area contributed by atoms with Crippen LogP contribution in [0, 0.1) is 6.92 Å². The minimum Gasteiger partial charge on any atom is -0.503 e. The van der Waals surface area contributed by atoms with Crippen LogP contribution in [0.25, 0.3) is 21.2 Å². The van der Waals surface area contributed by atoms with E-state index in [4.69, 9.17) is 18.9 Å². The molecule has 7 rings (SSSR count). The molecule has 2 aromatic heterocycles. The number of methoxy groups -OCH3 is 1. The van der Waals surface area contributed by atoms with Crippen molar-refractivity contribution in [2.24, 2.45) is 0 Å². The number of aliphatic hydroxyl groups excluding tert-OH is 1. The van der Waals surface area contributed by atoms with E-state index in [2.05, 4.69) is 0 Å². The van der Waals surface area contributed by atoms with Gasteiger partial charge in [0.2, 0.25) is 5.78 Å². The fraction of sp³-hybridized carbons (Fsp3) is 0.0882. The number of hydrogen-bond acceptors (Lipinski definition) is 8. The van der Waals surface area contributed by atoms with Gasteiger partial charge in [0, 0.05) is 5.39 Å². The van der Waals surface area contributed by atoms with Gasteiger partial charge in [0.1, 0.15) is 11.5 Å². The first-order chi connectivity index (χ1) is 20.9. The summed E-state index contributed by atoms with van der Waals surface area (Å²) in [7, 11) is 1.51. The molecule has 0 saturated heterocycles. The van der Waals surface area contributed by atoms with Crippen molar-refractivity contribution in [2.45, 2.75) is 13.0 Å². The Balaban J connectivity index is 1.37. The van der Waals surface area contributed by atoms with E-state index in [9.17, 15) is 14.7 Å². The number of nitrogens with zero attached hydrogens (tertiary/aromatic N) is 2. The maximum atomic E-state index is 14.1. The van der Waals surface area contributed by atoms with Crippen LogP contribution in [0.1, 0.15) is 27.7 Å². The number of fused-ring (bicyclic) bond motifs is 2. The molecule has 0 saturated carbocycles. The van der Waals surface area contributed by atoms with Crippen molar-refractivity contribution < 1.29 is 28.6 Å². The third-order valence-corrected chi connectivity index (χ3v) is 8.31. The maximum absolute atomic E-state index is 14.1. The molecule has 6 aromatic rings. The minimum atomic E-state index is -1.00. The summed E-state index contributed by atoms with van der Waals surface area (Å²) in [6.45, 7) is 1.98. The van der Waals surface area contributed by atoms with Crippen LogP contribution >= 0.6 is 11.3 Å². The molecule has 1 unspecified atom stereocenters. The van der Waals surface area contributed by atoms with Gasteiger partial charge in [-0.05, 0) is 66.6 Å². The highest BCUT2D eigenvalue weighted by atomic mass is 32.1. The minimum absolute atomic E-state index is 0.0303. The van der Waals surface area contributed by atoms with Gasteiger partial charge in [0.15, 0.2) is 28.0 Å². The van der Waals surface area contributed by atoms with Gasteiger partial charge in [-0.25, -0.2) is 4.98 Å². The topological polar surface area (TPSA) is 102 Å². The number of furan rings is 1. The van der Waals surface area contributed by atoms with Crippen LogP contribution in [0.4, 0.5) is 5.13 Å². The molecule has 1 amide bonds. The second kappa shape index (κ2) is 10.5. The number of benzene rings is 4. The number of carbonyl (C=O) groups is 2. The van der Waals surface area contributed by atoms with Crippen LogP contribution in [0.2, 0.25) is 0 Å². The van der Waals surface area contributed by atoms with E-state index in [1.54, 1.807) is 48.5 Å². The number of aliphatic hydroxyl groups is 1. The summed E-state index contributed by atoms with van der Waals surface area (Å²) < 4.78 is 18.3. The monoisotopic (exact) mass is 588 g/mol. The first kappa shape index (κ1) is 26.5. The summed E-state index contributed by atoms with van der Waals surface area (Å²) in [6, 6.07) is 28.1. The Hall–Kier alpha value is -5.41. The summed E-state index contributed by atoms with van der Waals surface area (Å²) in [5.74, 6) is -0.445. The molecule has 0 fully saturated rings. The van der Waals surface area contributed by atoms with E-state index in [0.717, 1.165) is 10.3 Å². The zero-order valence-corrected chi connectivity index (χ0v) is 23.9. The van der Waals surface area contributed by atoms with Gasteiger partial charge in [-0.3, -0.25) is 14.5 Å². The number of amides is 1. The second-order valence-corrected chi connectivity index (χ2v) is 11.1. The Bertz CT molecular complexity index is 2080. The van der Waals surface area contributed by atoms with Crippen molar-refractivity contribution >= 4 is 49.3 Å². The molecule has 0 bridgehead atoms. The Morgan fingerprint density at radius 1 is 0.953 bits per heavy atom. The number of para-hydroxylation sites is 2. The van der Waals surface area contributed by atoms with Gasteiger partial charge in [0.05, 0.1) is 28.9 Å². The van der Waals surface area contributed by atoms with Crippen LogP contribution in [0.5, 0.6) is 17.2 Å². The van der Waals surface area contributed by atoms with Gasteiger partial charge >= 0.3 is 0 Å². The van der Waals surface area contributed by atoms with E-state index in [0.29, 0.717) is 44.4 Å². The number of rotatable bonds is 7. The highest BCUT2D eigenvalue weighted by molar-refractivity contribution is 7.22. The molecule has 9 heteroatoms. The lowest BCUT2D eigenvalue weighted by molar-refractivity contribution is -0.117. The van der Waals surface area contributed by atoms with Crippen LogP contribution in [-0.4, -0.2) is 28.9 Å². The molecular formula is C34H24N2O6S. The van der Waals surface area contributed by atoms with Gasteiger partial charge in [-0.15, -0.1) is 0 Å². The third kappa shape index (κ3) is 4.60. The zero-order valence-electron chi connectivity index (χ0n) is 23.1. The highest BCUT2D eigenvalue weighted by Gasteiger charge is 2.46. The van der Waals surface area contributed by atoms with Crippen molar-refractivity contribution in [1.82, 2.24) is 4.98 Å². The molecule has 8 nitrogen and oxygen atoms in total. The number of carbonyl (C=O) groups excluding carboxylic acids is 2. The van der Waals surface area contributed by atoms with E-state index in [1.807, 2.05) is 55.5 Å². The Morgan fingerprint density at radius 2 is 1.74 bits per heavy atom. The number of Topliss-reactive ketones (excluding diaryl/α,β-unsaturated/α-hetero) is 1. The number of thiazole rings is 1. The lowest BCUT2D eigenvalue weighted by Gasteiger charge is -2.24. The average Bonchev–Trinajstić information content (AvgIpc) is 3.71. The fourth-order valence-corrected chi connectivity index (χ4v) is 6.38. The average molecular weight is 589 g/mol. The number of aryl methyl sites for hydroxylation is 1. The molecule has 3 heterocycles. The van der Waals surface area contributed by atoms with Crippen LogP contribution in [0.15, 0.2) is 113 Å². The largest absolute Gasteiger partial charge is 0.503 e. The number of hydrogen-bond donors (Lipinski definition) is 1. The molecule has 0 radical (unpaired) electrons. The highest BCUT2D eigenvalue weighted by Crippen LogP contribution is 2.45. The van der Waals surface area contributed by atoms with E-state index >= 15 is 0 Å². The van der Waals surface area contributed by atoms with E-state index < -0.39 is 23.5 Å². The Labute approximate surface area is 250 Å². The molecule has 1 atom stereocenters. The number of ketones is 1. The van der Waals surface area contributed by atoms with Crippen LogP contribution < -0.4 is 14.4 Å². The summed E-state index contributed by atoms with van der Waals surface area (Å²) in [4.78, 5) is 34.0. The van der Waals surface area contributed by atoms with E-state index in [1.165, 1.54) is 23.3 Å². The van der Waals surface area contributed by atoms with Crippen molar-refractivity contribution in [3.05, 3.63) is 125 Å². The van der Waals surface area contributed by atoms with Crippen molar-refractivity contribution in [3.63, 3.8) is 0 Å². The zero-order chi connectivity index (χ0) is 29.7. The van der Waals surface area contributed by atoms with Crippen LogP contribution in [0.3, 0.4) is 0 Å². The van der Waals surface area contributed by atoms with Gasteiger partial charge in [-0.1, -0.05) is 59.9 Å². The van der Waals surface area contributed by atoms with Crippen molar-refractivity contribution in [1.29, 1.82) is 0 Å². The second-order valence-electron chi connectivity index (χ2n) is 10.1. The summed E-state index contributed by atoms with van der Waals surface area (Å²) in [5, 5.41) is 12.3. The van der Waals surface area contributed by atoms with Crippen LogP contribution in [-0.2, 0) is 4.79 Å². The van der Waals surface area contributed by atoms with Crippen molar-refractivity contribution in [3.8, 4) is 17.2 Å².